The Hall–Kier alpha value is -2.82. The average molecular weight is 378 g/mol. The summed E-state index contributed by atoms with van der Waals surface area (Å²) in [4.78, 5) is 29.3. The third-order valence-corrected chi connectivity index (χ3v) is 6.29. The molecule has 146 valence electrons. The van der Waals surface area contributed by atoms with E-state index in [1.165, 1.54) is 6.07 Å². The molecule has 0 saturated carbocycles. The summed E-state index contributed by atoms with van der Waals surface area (Å²) in [5.41, 5.74) is 1.66. The van der Waals surface area contributed by atoms with Crippen LogP contribution >= 0.6 is 0 Å². The molecule has 0 aromatic heterocycles. The van der Waals surface area contributed by atoms with Gasteiger partial charge in [-0.25, -0.2) is 0 Å². The number of piperidine rings is 2. The molecular formula is C23H26N2O3. The van der Waals surface area contributed by atoms with E-state index in [4.69, 9.17) is 0 Å². The van der Waals surface area contributed by atoms with Gasteiger partial charge in [0.05, 0.1) is 5.92 Å². The van der Waals surface area contributed by atoms with Crippen molar-refractivity contribution in [3.05, 3.63) is 65.7 Å². The van der Waals surface area contributed by atoms with Crippen LogP contribution in [0.3, 0.4) is 0 Å². The third kappa shape index (κ3) is 3.49. The quantitative estimate of drug-likeness (QED) is 0.873. The fourth-order valence-corrected chi connectivity index (χ4v) is 4.75. The number of benzene rings is 2. The fraction of sp³-hybridized carbons (Fsp3) is 0.391. The number of amides is 2. The van der Waals surface area contributed by atoms with Crippen LogP contribution in [0.25, 0.3) is 0 Å². The van der Waals surface area contributed by atoms with E-state index in [-0.39, 0.29) is 28.9 Å². The molecule has 2 heterocycles. The zero-order valence-corrected chi connectivity index (χ0v) is 16.2. The topological polar surface area (TPSA) is 60.9 Å². The van der Waals surface area contributed by atoms with Crippen molar-refractivity contribution in [2.24, 2.45) is 5.41 Å². The van der Waals surface area contributed by atoms with Gasteiger partial charge in [0.2, 0.25) is 5.91 Å². The molecule has 4 rings (SSSR count). The number of hydrogen-bond donors (Lipinski definition) is 1. The van der Waals surface area contributed by atoms with Gasteiger partial charge < -0.3 is 14.9 Å². The molecule has 2 aliphatic rings. The van der Waals surface area contributed by atoms with Crippen LogP contribution in [0.15, 0.2) is 54.6 Å². The van der Waals surface area contributed by atoms with Gasteiger partial charge in [-0.15, -0.1) is 0 Å². The highest BCUT2D eigenvalue weighted by Gasteiger charge is 2.45. The number of aromatic hydroxyl groups is 1. The Labute approximate surface area is 165 Å². The standard InChI is InChI=1S/C23H26N2O3/c1-24-16-23(15-20(22(24)28)17-6-3-2-4-7-17)10-12-25(13-11-23)21(27)18-8-5-9-19(26)14-18/h2-9,14,20,26H,10-13,15-16H2,1H3/t20-/m0/s1. The number of phenols is 1. The second kappa shape index (κ2) is 7.30. The van der Waals surface area contributed by atoms with E-state index < -0.39 is 0 Å². The maximum atomic E-state index is 12.8. The van der Waals surface area contributed by atoms with Gasteiger partial charge in [-0.2, -0.15) is 0 Å². The number of likely N-dealkylation sites (N-methyl/N-ethyl adjacent to an activating group) is 1. The second-order valence-corrected chi connectivity index (χ2v) is 8.20. The number of phenolic OH excluding ortho intramolecular Hbond substituents is 1. The van der Waals surface area contributed by atoms with Crippen molar-refractivity contribution in [3.8, 4) is 5.75 Å². The molecule has 0 aliphatic carbocycles. The zero-order chi connectivity index (χ0) is 19.7. The van der Waals surface area contributed by atoms with E-state index in [2.05, 4.69) is 0 Å². The minimum absolute atomic E-state index is 0.0365. The van der Waals surface area contributed by atoms with Gasteiger partial charge in [-0.05, 0) is 48.4 Å². The van der Waals surface area contributed by atoms with Gasteiger partial charge >= 0.3 is 0 Å². The van der Waals surface area contributed by atoms with Gasteiger partial charge in [0, 0.05) is 32.2 Å². The Kier molecular flexibility index (Phi) is 4.84. The van der Waals surface area contributed by atoms with E-state index in [0.29, 0.717) is 18.7 Å². The van der Waals surface area contributed by atoms with Crippen LogP contribution in [0, 0.1) is 5.41 Å². The fourth-order valence-electron chi connectivity index (χ4n) is 4.75. The zero-order valence-electron chi connectivity index (χ0n) is 16.2. The number of carbonyl (C=O) groups is 2. The molecule has 0 radical (unpaired) electrons. The molecule has 2 aromatic carbocycles. The molecule has 5 heteroatoms. The highest BCUT2D eigenvalue weighted by Crippen LogP contribution is 2.45. The molecule has 1 N–H and O–H groups in total. The highest BCUT2D eigenvalue weighted by molar-refractivity contribution is 5.94. The van der Waals surface area contributed by atoms with Crippen molar-refractivity contribution in [1.82, 2.24) is 9.80 Å². The van der Waals surface area contributed by atoms with E-state index >= 15 is 0 Å². The number of rotatable bonds is 2. The Morgan fingerprint density at radius 1 is 1.07 bits per heavy atom. The van der Waals surface area contributed by atoms with Crippen molar-refractivity contribution in [1.29, 1.82) is 0 Å². The van der Waals surface area contributed by atoms with E-state index in [1.54, 1.807) is 18.2 Å². The van der Waals surface area contributed by atoms with Crippen LogP contribution in [0.5, 0.6) is 5.75 Å². The van der Waals surface area contributed by atoms with Crippen molar-refractivity contribution in [3.63, 3.8) is 0 Å². The molecule has 2 fully saturated rings. The summed E-state index contributed by atoms with van der Waals surface area (Å²) in [6.45, 7) is 2.11. The van der Waals surface area contributed by atoms with Gasteiger partial charge in [-0.1, -0.05) is 36.4 Å². The largest absolute Gasteiger partial charge is 0.508 e. The van der Waals surface area contributed by atoms with Crippen LogP contribution in [-0.2, 0) is 4.79 Å². The highest BCUT2D eigenvalue weighted by atomic mass is 16.3. The smallest absolute Gasteiger partial charge is 0.253 e. The number of nitrogens with zero attached hydrogens (tertiary/aromatic N) is 2. The summed E-state index contributed by atoms with van der Waals surface area (Å²) in [6.07, 6.45) is 2.62. The Balaban J connectivity index is 1.48. The lowest BCUT2D eigenvalue weighted by atomic mass is 9.67. The average Bonchev–Trinajstić information content (AvgIpc) is 2.71. The van der Waals surface area contributed by atoms with Crippen LogP contribution in [-0.4, -0.2) is 53.4 Å². The molecule has 0 bridgehead atoms. The first kappa shape index (κ1) is 18.5. The lowest BCUT2D eigenvalue weighted by Gasteiger charge is -2.49. The molecule has 2 amide bonds. The molecule has 1 spiro atoms. The number of carbonyl (C=O) groups excluding carboxylic acids is 2. The van der Waals surface area contributed by atoms with Gasteiger partial charge in [0.25, 0.3) is 5.91 Å². The van der Waals surface area contributed by atoms with Gasteiger partial charge in [-0.3, -0.25) is 9.59 Å². The second-order valence-electron chi connectivity index (χ2n) is 8.20. The predicted molar refractivity (Wildman–Crippen MR) is 107 cm³/mol. The summed E-state index contributed by atoms with van der Waals surface area (Å²) in [5, 5.41) is 9.64. The molecule has 2 saturated heterocycles. The van der Waals surface area contributed by atoms with E-state index in [1.807, 2.05) is 47.2 Å². The van der Waals surface area contributed by atoms with Gasteiger partial charge in [0.1, 0.15) is 5.75 Å². The first-order chi connectivity index (χ1) is 13.5. The number of hydrogen-bond acceptors (Lipinski definition) is 3. The Bertz CT molecular complexity index is 872. The molecule has 2 aromatic rings. The first-order valence-electron chi connectivity index (χ1n) is 9.86. The van der Waals surface area contributed by atoms with E-state index in [9.17, 15) is 14.7 Å². The Morgan fingerprint density at radius 2 is 1.79 bits per heavy atom. The van der Waals surface area contributed by atoms with Crippen molar-refractivity contribution < 1.29 is 14.7 Å². The minimum Gasteiger partial charge on any atom is -0.508 e. The SMILES string of the molecule is CN1CC2(CCN(C(=O)c3cccc(O)c3)CC2)C[C@@H](c2ccccc2)C1=O. The predicted octanol–water partition coefficient (Wildman–Crippen LogP) is 3.26. The molecule has 2 aliphatic heterocycles. The lowest BCUT2D eigenvalue weighted by molar-refractivity contribution is -0.139. The molecular weight excluding hydrogens is 352 g/mol. The molecule has 5 nitrogen and oxygen atoms in total. The summed E-state index contributed by atoms with van der Waals surface area (Å²) in [5.74, 6) is 0.159. The first-order valence-corrected chi connectivity index (χ1v) is 9.86. The summed E-state index contributed by atoms with van der Waals surface area (Å²) < 4.78 is 0. The number of likely N-dealkylation sites (tertiary alicyclic amines) is 2. The van der Waals surface area contributed by atoms with Crippen LogP contribution in [0.1, 0.15) is 41.1 Å². The monoisotopic (exact) mass is 378 g/mol. The maximum absolute atomic E-state index is 12.8. The summed E-state index contributed by atoms with van der Waals surface area (Å²) >= 11 is 0. The van der Waals surface area contributed by atoms with E-state index in [0.717, 1.165) is 31.4 Å². The summed E-state index contributed by atoms with van der Waals surface area (Å²) in [7, 11) is 1.89. The Morgan fingerprint density at radius 3 is 2.46 bits per heavy atom. The molecule has 0 unspecified atom stereocenters. The van der Waals surface area contributed by atoms with Crippen molar-refractivity contribution in [2.45, 2.75) is 25.2 Å². The molecule has 1 atom stereocenters. The van der Waals surface area contributed by atoms with Crippen molar-refractivity contribution >= 4 is 11.8 Å². The summed E-state index contributed by atoms with van der Waals surface area (Å²) in [6, 6.07) is 16.5. The lowest BCUT2D eigenvalue weighted by Crippen LogP contribution is -2.53. The normalized spacial score (nSPS) is 21.8. The van der Waals surface area contributed by atoms with Crippen LogP contribution in [0.4, 0.5) is 0 Å². The van der Waals surface area contributed by atoms with Crippen molar-refractivity contribution in [2.75, 3.05) is 26.7 Å². The van der Waals surface area contributed by atoms with Gasteiger partial charge in [0.15, 0.2) is 0 Å². The minimum atomic E-state index is -0.103. The van der Waals surface area contributed by atoms with Crippen LogP contribution < -0.4 is 0 Å². The van der Waals surface area contributed by atoms with Crippen LogP contribution in [0.2, 0.25) is 0 Å². The maximum Gasteiger partial charge on any atom is 0.253 e. The third-order valence-electron chi connectivity index (χ3n) is 6.29. The molecule has 28 heavy (non-hydrogen) atoms.